The topological polar surface area (TPSA) is 74.3 Å². The van der Waals surface area contributed by atoms with Gasteiger partial charge in [0.25, 0.3) is 0 Å². The molecule has 0 spiro atoms. The number of carbonyl (C=O) groups excluding carboxylic acids is 2. The van der Waals surface area contributed by atoms with E-state index in [1.807, 2.05) is 12.1 Å². The van der Waals surface area contributed by atoms with Gasteiger partial charge in [-0.15, -0.1) is 0 Å². The molecule has 1 amide bonds. The van der Waals surface area contributed by atoms with E-state index in [2.05, 4.69) is 17.7 Å². The minimum Gasteiger partial charge on any atom is -0.469 e. The number of amides is 1. The van der Waals surface area contributed by atoms with Gasteiger partial charge in [0.15, 0.2) is 0 Å². The summed E-state index contributed by atoms with van der Waals surface area (Å²) in [6.07, 6.45) is 5.97. The minimum atomic E-state index is -0.402. The van der Waals surface area contributed by atoms with Crippen LogP contribution in [0.15, 0.2) is 24.4 Å². The third kappa shape index (κ3) is 3.16. The maximum atomic E-state index is 11.6. The van der Waals surface area contributed by atoms with Gasteiger partial charge >= 0.3 is 5.97 Å². The fourth-order valence-electron chi connectivity index (χ4n) is 3.81. The zero-order chi connectivity index (χ0) is 17.3. The van der Waals surface area contributed by atoms with Gasteiger partial charge in [0, 0.05) is 29.2 Å². The van der Waals surface area contributed by atoms with Crippen molar-refractivity contribution in [3.05, 3.63) is 35.5 Å². The first-order chi connectivity index (χ1) is 11.5. The number of aromatic nitrogens is 1. The number of carbonyl (C=O) groups is 2. The molecule has 0 radical (unpaired) electrons. The highest BCUT2D eigenvalue weighted by atomic mass is 16.5. The van der Waals surface area contributed by atoms with E-state index in [4.69, 9.17) is 10.5 Å². The Morgan fingerprint density at radius 1 is 1.25 bits per heavy atom. The van der Waals surface area contributed by atoms with E-state index < -0.39 is 5.91 Å². The Morgan fingerprint density at radius 3 is 2.58 bits per heavy atom. The second kappa shape index (κ2) is 6.67. The van der Waals surface area contributed by atoms with E-state index in [1.165, 1.54) is 12.7 Å². The van der Waals surface area contributed by atoms with E-state index in [1.54, 1.807) is 6.07 Å². The van der Waals surface area contributed by atoms with Crippen LogP contribution < -0.4 is 5.73 Å². The van der Waals surface area contributed by atoms with Crippen LogP contribution in [0.3, 0.4) is 0 Å². The van der Waals surface area contributed by atoms with Gasteiger partial charge in [-0.05, 0) is 56.2 Å². The predicted octanol–water partition coefficient (Wildman–Crippen LogP) is 3.03. The number of primary amides is 1. The summed E-state index contributed by atoms with van der Waals surface area (Å²) in [4.78, 5) is 23.1. The number of hydrogen-bond donors (Lipinski definition) is 1. The Labute approximate surface area is 141 Å². The number of hydrogen-bond acceptors (Lipinski definition) is 3. The lowest BCUT2D eigenvalue weighted by Gasteiger charge is -2.27. The number of nitrogens with two attached hydrogens (primary N) is 1. The van der Waals surface area contributed by atoms with Crippen molar-refractivity contribution >= 4 is 22.8 Å². The van der Waals surface area contributed by atoms with Crippen molar-refractivity contribution in [1.29, 1.82) is 0 Å². The van der Waals surface area contributed by atoms with Crippen molar-refractivity contribution in [3.8, 4) is 0 Å². The van der Waals surface area contributed by atoms with Crippen molar-refractivity contribution < 1.29 is 14.3 Å². The molecule has 1 fully saturated rings. The smallest absolute Gasteiger partial charge is 0.308 e. The molecule has 1 aromatic carbocycles. The number of nitrogens with zero attached hydrogens (tertiary/aromatic N) is 1. The molecule has 2 aromatic rings. The Bertz CT molecular complexity index is 770. The third-order valence-electron chi connectivity index (χ3n) is 5.20. The molecule has 2 N–H and O–H groups in total. The number of benzene rings is 1. The van der Waals surface area contributed by atoms with Crippen molar-refractivity contribution in [3.63, 3.8) is 0 Å². The normalized spacial score (nSPS) is 20.9. The molecule has 0 bridgehead atoms. The summed E-state index contributed by atoms with van der Waals surface area (Å²) < 4.78 is 7.07. The molecule has 3 rings (SSSR count). The molecule has 1 saturated carbocycles. The maximum absolute atomic E-state index is 11.6. The zero-order valence-corrected chi connectivity index (χ0v) is 14.2. The lowest BCUT2D eigenvalue weighted by Crippen LogP contribution is -2.24. The van der Waals surface area contributed by atoms with Gasteiger partial charge in [0.1, 0.15) is 0 Å². The molecule has 1 aromatic heterocycles. The van der Waals surface area contributed by atoms with Crippen LogP contribution in [0.25, 0.3) is 10.9 Å². The Balaban J connectivity index is 1.77. The minimum absolute atomic E-state index is 0.0517. The van der Waals surface area contributed by atoms with Crippen LogP contribution in [0.4, 0.5) is 0 Å². The van der Waals surface area contributed by atoms with Crippen LogP contribution in [-0.4, -0.2) is 23.6 Å². The Hall–Kier alpha value is -2.30. The number of methoxy groups -OCH3 is 1. The van der Waals surface area contributed by atoms with E-state index in [9.17, 15) is 9.59 Å². The summed E-state index contributed by atoms with van der Waals surface area (Å²) >= 11 is 0. The molecule has 5 nitrogen and oxygen atoms in total. The summed E-state index contributed by atoms with van der Waals surface area (Å²) in [5, 5.41) is 1.16. The first kappa shape index (κ1) is 16.6. The van der Waals surface area contributed by atoms with E-state index in [-0.39, 0.29) is 11.9 Å². The van der Waals surface area contributed by atoms with Crippen LogP contribution in [0.5, 0.6) is 0 Å². The van der Waals surface area contributed by atoms with Gasteiger partial charge < -0.3 is 15.0 Å². The molecule has 1 aliphatic carbocycles. The Kier molecular flexibility index (Phi) is 4.60. The molecule has 0 aliphatic heterocycles. The molecule has 128 valence electrons. The van der Waals surface area contributed by atoms with E-state index in [0.717, 1.165) is 43.1 Å². The lowest BCUT2D eigenvalue weighted by atomic mass is 9.82. The van der Waals surface area contributed by atoms with Crippen LogP contribution >= 0.6 is 0 Å². The molecular weight excluding hydrogens is 304 g/mol. The van der Waals surface area contributed by atoms with Gasteiger partial charge in [0.2, 0.25) is 5.91 Å². The molecule has 1 heterocycles. The highest BCUT2D eigenvalue weighted by Gasteiger charge is 2.27. The van der Waals surface area contributed by atoms with Crippen molar-refractivity contribution in [2.24, 2.45) is 17.6 Å². The number of ether oxygens (including phenoxy) is 1. The third-order valence-corrected chi connectivity index (χ3v) is 5.20. The molecule has 0 atom stereocenters. The van der Waals surface area contributed by atoms with Gasteiger partial charge in [0.05, 0.1) is 13.0 Å². The molecule has 1 aliphatic rings. The standard InChI is InChI=1S/C19H24N2O3/c1-12-10-21(17-9-15(18(20)22)7-8-16(12)17)11-13-3-5-14(6-4-13)19(23)24-2/h7-10,13-14H,3-6,11H2,1-2H3,(H2,20,22)/t13-,14-. The Morgan fingerprint density at radius 2 is 1.96 bits per heavy atom. The zero-order valence-electron chi connectivity index (χ0n) is 14.2. The molecule has 0 unspecified atom stereocenters. The van der Waals surface area contributed by atoms with Gasteiger partial charge in [-0.1, -0.05) is 6.07 Å². The molecule has 0 saturated heterocycles. The summed E-state index contributed by atoms with van der Waals surface area (Å²) in [5.74, 6) is 0.108. The summed E-state index contributed by atoms with van der Waals surface area (Å²) in [6.45, 7) is 2.98. The summed E-state index contributed by atoms with van der Waals surface area (Å²) in [6, 6.07) is 5.63. The van der Waals surface area contributed by atoms with Gasteiger partial charge in [-0.2, -0.15) is 0 Å². The number of aryl methyl sites for hydroxylation is 1. The highest BCUT2D eigenvalue weighted by molar-refractivity contribution is 5.97. The number of rotatable bonds is 4. The number of fused-ring (bicyclic) bond motifs is 1. The second-order valence-electron chi connectivity index (χ2n) is 6.80. The second-order valence-corrected chi connectivity index (χ2v) is 6.80. The van der Waals surface area contributed by atoms with Crippen LogP contribution in [-0.2, 0) is 16.1 Å². The lowest BCUT2D eigenvalue weighted by molar-refractivity contribution is -0.146. The van der Waals surface area contributed by atoms with Crippen molar-refractivity contribution in [1.82, 2.24) is 4.57 Å². The van der Waals surface area contributed by atoms with Crippen LogP contribution in [0.2, 0.25) is 0 Å². The highest BCUT2D eigenvalue weighted by Crippen LogP contribution is 2.32. The molecule has 5 heteroatoms. The monoisotopic (exact) mass is 328 g/mol. The van der Waals surface area contributed by atoms with Gasteiger partial charge in [-0.3, -0.25) is 9.59 Å². The van der Waals surface area contributed by atoms with Crippen molar-refractivity contribution in [2.45, 2.75) is 39.2 Å². The van der Waals surface area contributed by atoms with E-state index >= 15 is 0 Å². The average Bonchev–Trinajstić information content (AvgIpc) is 2.90. The van der Waals surface area contributed by atoms with Crippen LogP contribution in [0, 0.1) is 18.8 Å². The fourth-order valence-corrected chi connectivity index (χ4v) is 3.81. The quantitative estimate of drug-likeness (QED) is 0.877. The average molecular weight is 328 g/mol. The van der Waals surface area contributed by atoms with E-state index in [0.29, 0.717) is 11.5 Å². The summed E-state index contributed by atoms with van der Waals surface area (Å²) in [7, 11) is 1.46. The SMILES string of the molecule is COC(=O)[C@H]1CC[C@H](Cn2cc(C)c3ccc(C(N)=O)cc32)CC1. The number of esters is 1. The fraction of sp³-hybridized carbons (Fsp3) is 0.474. The van der Waals surface area contributed by atoms with Crippen LogP contribution in [0.1, 0.15) is 41.6 Å². The largest absolute Gasteiger partial charge is 0.469 e. The molecular formula is C19H24N2O3. The van der Waals surface area contributed by atoms with Gasteiger partial charge in [-0.25, -0.2) is 0 Å². The summed E-state index contributed by atoms with van der Waals surface area (Å²) in [5.41, 5.74) is 8.20. The first-order valence-electron chi connectivity index (χ1n) is 8.46. The van der Waals surface area contributed by atoms with Crippen molar-refractivity contribution in [2.75, 3.05) is 7.11 Å². The first-order valence-corrected chi connectivity index (χ1v) is 8.46. The predicted molar refractivity (Wildman–Crippen MR) is 92.7 cm³/mol. The maximum Gasteiger partial charge on any atom is 0.308 e. The molecule has 24 heavy (non-hydrogen) atoms.